The van der Waals surface area contributed by atoms with Crippen molar-refractivity contribution in [2.75, 3.05) is 25.4 Å². The Hall–Kier alpha value is -0.890. The van der Waals surface area contributed by atoms with Crippen molar-refractivity contribution in [2.45, 2.75) is 57.8 Å². The lowest BCUT2D eigenvalue weighted by atomic mass is 9.74. The molecule has 0 saturated carbocycles. The van der Waals surface area contributed by atoms with Crippen LogP contribution in [0, 0.1) is 11.8 Å². The third-order valence-corrected chi connectivity index (χ3v) is 7.73. The van der Waals surface area contributed by atoms with Gasteiger partial charge in [-0.05, 0) is 38.3 Å². The lowest BCUT2D eigenvalue weighted by Crippen LogP contribution is -2.42. The Morgan fingerprint density at radius 2 is 2.12 bits per heavy atom. The fourth-order valence-corrected chi connectivity index (χ4v) is 5.76. The van der Waals surface area contributed by atoms with E-state index in [1.165, 1.54) is 0 Å². The van der Waals surface area contributed by atoms with Gasteiger partial charge >= 0.3 is 0 Å². The molecule has 26 heavy (non-hydrogen) atoms. The van der Waals surface area contributed by atoms with Gasteiger partial charge in [-0.2, -0.15) is 0 Å². The Bertz CT molecular complexity index is 746. The van der Waals surface area contributed by atoms with Gasteiger partial charge in [0.2, 0.25) is 10.0 Å². The fourth-order valence-electron chi connectivity index (χ4n) is 5.11. The van der Waals surface area contributed by atoms with Crippen LogP contribution in [-0.4, -0.2) is 50.4 Å². The summed E-state index contributed by atoms with van der Waals surface area (Å²) in [5.74, 6) is 2.89. The Balaban J connectivity index is 1.41. The van der Waals surface area contributed by atoms with Gasteiger partial charge in [-0.15, -0.1) is 0 Å². The summed E-state index contributed by atoms with van der Waals surface area (Å²) in [6, 6.07) is 4.17. The van der Waals surface area contributed by atoms with Gasteiger partial charge in [0.25, 0.3) is 0 Å². The maximum atomic E-state index is 11.8. The van der Waals surface area contributed by atoms with E-state index in [0.717, 1.165) is 56.8 Å². The molecule has 0 radical (unpaired) electrons. The van der Waals surface area contributed by atoms with E-state index in [-0.39, 0.29) is 23.4 Å². The molecule has 4 heterocycles. The molecule has 1 aromatic heterocycles. The average molecular weight is 383 g/mol. The topological polar surface area (TPSA) is 71.8 Å². The Kier molecular flexibility index (Phi) is 4.92. The molecule has 6 nitrogen and oxygen atoms in total. The first kappa shape index (κ1) is 18.5. The maximum absolute atomic E-state index is 11.8. The number of rotatable bonds is 8. The normalized spacial score (nSPS) is 33.8. The molecule has 0 aliphatic carbocycles. The van der Waals surface area contributed by atoms with Crippen molar-refractivity contribution in [3.8, 4) is 0 Å². The molecule has 3 fully saturated rings. The molecule has 3 saturated heterocycles. The molecule has 7 heteroatoms. The molecule has 3 aliphatic heterocycles. The van der Waals surface area contributed by atoms with Crippen LogP contribution in [0.25, 0.3) is 0 Å². The summed E-state index contributed by atoms with van der Waals surface area (Å²) >= 11 is 0. The second-order valence-corrected chi connectivity index (χ2v) is 10.2. The number of fused-ring (bicyclic) bond motifs is 1. The Morgan fingerprint density at radius 3 is 2.88 bits per heavy atom. The molecular weight excluding hydrogens is 352 g/mol. The van der Waals surface area contributed by atoms with Crippen molar-refractivity contribution >= 4 is 10.0 Å². The SMILES string of the molecule is CCCc1ccc(CN2C[C@@H]3[C@H](CNS(=O)(=O)CC)[C@H]4CC[C@]3(C2)O4)o1. The first-order valence-corrected chi connectivity index (χ1v) is 11.5. The molecule has 0 aromatic carbocycles. The average Bonchev–Trinajstić information content (AvgIpc) is 3.34. The van der Waals surface area contributed by atoms with Crippen molar-refractivity contribution in [3.63, 3.8) is 0 Å². The summed E-state index contributed by atoms with van der Waals surface area (Å²) in [4.78, 5) is 2.42. The predicted octanol–water partition coefficient (Wildman–Crippen LogP) is 2.15. The third kappa shape index (κ3) is 3.35. The zero-order chi connectivity index (χ0) is 18.4. The fraction of sp³-hybridized carbons (Fsp3) is 0.789. The van der Waals surface area contributed by atoms with Gasteiger partial charge in [0.15, 0.2) is 0 Å². The van der Waals surface area contributed by atoms with Crippen molar-refractivity contribution in [1.82, 2.24) is 9.62 Å². The number of aryl methyl sites for hydroxylation is 1. The molecule has 1 aromatic rings. The number of hydrogen-bond acceptors (Lipinski definition) is 5. The van der Waals surface area contributed by atoms with E-state index in [9.17, 15) is 8.42 Å². The first-order chi connectivity index (χ1) is 12.4. The molecule has 3 aliphatic rings. The van der Waals surface area contributed by atoms with Gasteiger partial charge in [-0.1, -0.05) is 6.92 Å². The summed E-state index contributed by atoms with van der Waals surface area (Å²) in [6.45, 7) is 7.03. The number of nitrogens with zero attached hydrogens (tertiary/aromatic N) is 1. The molecule has 0 unspecified atom stereocenters. The van der Waals surface area contributed by atoms with Crippen LogP contribution in [-0.2, 0) is 27.7 Å². The molecule has 4 rings (SSSR count). The number of sulfonamides is 1. The van der Waals surface area contributed by atoms with Crippen LogP contribution in [0.1, 0.15) is 44.6 Å². The molecular formula is C19H30N2O4S. The maximum Gasteiger partial charge on any atom is 0.211 e. The Morgan fingerprint density at radius 1 is 1.31 bits per heavy atom. The van der Waals surface area contributed by atoms with Crippen LogP contribution in [0.5, 0.6) is 0 Å². The quantitative estimate of drug-likeness (QED) is 0.746. The van der Waals surface area contributed by atoms with E-state index in [1.54, 1.807) is 6.92 Å². The van der Waals surface area contributed by atoms with Gasteiger partial charge in [0.05, 0.1) is 24.0 Å². The van der Waals surface area contributed by atoms with E-state index < -0.39 is 10.0 Å². The molecule has 1 spiro atoms. The number of ether oxygens (including phenoxy) is 1. The first-order valence-electron chi connectivity index (χ1n) is 9.90. The molecule has 1 N–H and O–H groups in total. The Labute approximate surface area is 156 Å². The van der Waals surface area contributed by atoms with Crippen LogP contribution in [0.3, 0.4) is 0 Å². The zero-order valence-corrected chi connectivity index (χ0v) is 16.6. The van der Waals surface area contributed by atoms with E-state index >= 15 is 0 Å². The number of hydrogen-bond donors (Lipinski definition) is 1. The minimum Gasteiger partial charge on any atom is -0.465 e. The van der Waals surface area contributed by atoms with Crippen LogP contribution in [0.4, 0.5) is 0 Å². The van der Waals surface area contributed by atoms with E-state index in [4.69, 9.17) is 9.15 Å². The minimum absolute atomic E-state index is 0.0775. The standard InChI is InChI=1S/C19H30N2O4S/c1-3-5-14-6-7-15(24-14)11-21-12-17-16(10-20-26(22,23)4-2)18-8-9-19(17,13-21)25-18/h6-7,16-18,20H,3-5,8-13H2,1-2H3/t16-,17+,18+,19+/m0/s1. The van der Waals surface area contributed by atoms with Gasteiger partial charge in [-0.25, -0.2) is 13.1 Å². The van der Waals surface area contributed by atoms with Crippen LogP contribution in [0.15, 0.2) is 16.5 Å². The summed E-state index contributed by atoms with van der Waals surface area (Å²) in [6.07, 6.45) is 4.42. The largest absolute Gasteiger partial charge is 0.465 e. The summed E-state index contributed by atoms with van der Waals surface area (Å²) < 4.78 is 38.8. The monoisotopic (exact) mass is 382 g/mol. The van der Waals surface area contributed by atoms with Crippen LogP contribution < -0.4 is 4.72 Å². The lowest BCUT2D eigenvalue weighted by molar-refractivity contribution is 0.00173. The van der Waals surface area contributed by atoms with Gasteiger partial charge in [0.1, 0.15) is 11.5 Å². The van der Waals surface area contributed by atoms with Crippen molar-refractivity contribution < 1.29 is 17.6 Å². The third-order valence-electron chi connectivity index (χ3n) is 6.37. The zero-order valence-electron chi connectivity index (χ0n) is 15.7. The highest BCUT2D eigenvalue weighted by Crippen LogP contribution is 2.54. The second kappa shape index (κ2) is 6.93. The van der Waals surface area contributed by atoms with Gasteiger partial charge in [0, 0.05) is 37.9 Å². The van der Waals surface area contributed by atoms with E-state index in [2.05, 4.69) is 28.7 Å². The predicted molar refractivity (Wildman–Crippen MR) is 99.3 cm³/mol. The smallest absolute Gasteiger partial charge is 0.211 e. The highest BCUT2D eigenvalue weighted by Gasteiger charge is 2.62. The number of furan rings is 1. The van der Waals surface area contributed by atoms with Crippen molar-refractivity contribution in [1.29, 1.82) is 0 Å². The van der Waals surface area contributed by atoms with Crippen LogP contribution in [0.2, 0.25) is 0 Å². The second-order valence-electron chi connectivity index (χ2n) is 8.07. The molecule has 146 valence electrons. The van der Waals surface area contributed by atoms with E-state index in [1.807, 2.05) is 0 Å². The highest BCUT2D eigenvalue weighted by molar-refractivity contribution is 7.89. The summed E-state index contributed by atoms with van der Waals surface area (Å²) in [7, 11) is -3.15. The van der Waals surface area contributed by atoms with Gasteiger partial charge < -0.3 is 9.15 Å². The highest BCUT2D eigenvalue weighted by atomic mass is 32.2. The van der Waals surface area contributed by atoms with E-state index in [0.29, 0.717) is 12.5 Å². The van der Waals surface area contributed by atoms with Gasteiger partial charge in [-0.3, -0.25) is 4.90 Å². The summed E-state index contributed by atoms with van der Waals surface area (Å²) in [5, 5.41) is 0. The number of likely N-dealkylation sites (tertiary alicyclic amines) is 1. The van der Waals surface area contributed by atoms with Crippen molar-refractivity contribution in [2.24, 2.45) is 11.8 Å². The molecule has 4 atom stereocenters. The summed E-state index contributed by atoms with van der Waals surface area (Å²) in [5.41, 5.74) is -0.0775. The van der Waals surface area contributed by atoms with Crippen LogP contribution >= 0.6 is 0 Å². The lowest BCUT2D eigenvalue weighted by Gasteiger charge is -2.29. The minimum atomic E-state index is -3.15. The number of nitrogens with one attached hydrogen (secondary N) is 1. The molecule has 2 bridgehead atoms. The molecule has 0 amide bonds. The van der Waals surface area contributed by atoms with Crippen molar-refractivity contribution in [3.05, 3.63) is 23.7 Å².